The summed E-state index contributed by atoms with van der Waals surface area (Å²) in [6.07, 6.45) is 2.47. The van der Waals surface area contributed by atoms with Crippen molar-refractivity contribution < 1.29 is 14.7 Å². The van der Waals surface area contributed by atoms with Crippen LogP contribution < -0.4 is 10.6 Å². The van der Waals surface area contributed by atoms with Crippen molar-refractivity contribution in [2.45, 2.75) is 38.6 Å². The van der Waals surface area contributed by atoms with E-state index in [9.17, 15) is 9.59 Å². The molecule has 2 amide bonds. The van der Waals surface area contributed by atoms with Crippen LogP contribution in [0.25, 0.3) is 0 Å². The van der Waals surface area contributed by atoms with Crippen LogP contribution >= 0.6 is 11.3 Å². The molecule has 6 heteroatoms. The molecule has 0 aromatic carbocycles. The zero-order valence-corrected chi connectivity index (χ0v) is 11.8. The summed E-state index contributed by atoms with van der Waals surface area (Å²) in [5, 5.41) is 16.1. The van der Waals surface area contributed by atoms with Crippen LogP contribution in [-0.2, 0) is 4.79 Å². The smallest absolute Gasteiger partial charge is 0.315 e. The lowest BCUT2D eigenvalue weighted by molar-refractivity contribution is -0.137. The van der Waals surface area contributed by atoms with Gasteiger partial charge in [-0.3, -0.25) is 4.79 Å². The Balaban J connectivity index is 2.06. The molecule has 0 bridgehead atoms. The summed E-state index contributed by atoms with van der Waals surface area (Å²) in [4.78, 5) is 23.0. The number of urea groups is 1. The molecule has 1 aromatic heterocycles. The summed E-state index contributed by atoms with van der Waals surface area (Å²) in [6.45, 7) is 2.51. The number of carbonyl (C=O) groups excluding carboxylic acids is 1. The highest BCUT2D eigenvalue weighted by Gasteiger charge is 2.09. The van der Waals surface area contributed by atoms with Gasteiger partial charge in [-0.25, -0.2) is 4.79 Å². The number of unbranched alkanes of at least 4 members (excludes halogenated alkanes) is 2. The van der Waals surface area contributed by atoms with E-state index in [1.807, 2.05) is 24.4 Å². The number of thiophene rings is 1. The fourth-order valence-electron chi connectivity index (χ4n) is 1.64. The molecule has 1 heterocycles. The first-order valence-corrected chi connectivity index (χ1v) is 7.27. The molecule has 0 aliphatic rings. The molecule has 1 rings (SSSR count). The van der Waals surface area contributed by atoms with Crippen LogP contribution in [0.15, 0.2) is 17.5 Å². The Kier molecular flexibility index (Phi) is 6.95. The molecule has 1 aromatic rings. The topological polar surface area (TPSA) is 78.4 Å². The number of nitrogens with one attached hydrogen (secondary N) is 2. The van der Waals surface area contributed by atoms with Crippen molar-refractivity contribution in [3.05, 3.63) is 22.4 Å². The minimum Gasteiger partial charge on any atom is -0.481 e. The molecular formula is C13H20N2O3S. The Morgan fingerprint density at radius 1 is 1.37 bits per heavy atom. The zero-order valence-electron chi connectivity index (χ0n) is 11.0. The first-order chi connectivity index (χ1) is 9.09. The highest BCUT2D eigenvalue weighted by molar-refractivity contribution is 7.10. The summed E-state index contributed by atoms with van der Waals surface area (Å²) in [5.41, 5.74) is 0. The van der Waals surface area contributed by atoms with Gasteiger partial charge in [0, 0.05) is 17.8 Å². The molecule has 0 saturated carbocycles. The van der Waals surface area contributed by atoms with Crippen molar-refractivity contribution >= 4 is 23.3 Å². The lowest BCUT2D eigenvalue weighted by atomic mass is 10.2. The van der Waals surface area contributed by atoms with Gasteiger partial charge in [-0.15, -0.1) is 11.3 Å². The molecule has 5 nitrogen and oxygen atoms in total. The van der Waals surface area contributed by atoms with Gasteiger partial charge in [0.05, 0.1) is 6.04 Å². The van der Waals surface area contributed by atoms with E-state index >= 15 is 0 Å². The number of rotatable bonds is 8. The second-order valence-electron chi connectivity index (χ2n) is 4.34. The predicted octanol–water partition coefficient (Wildman–Crippen LogP) is 2.75. The van der Waals surface area contributed by atoms with E-state index in [1.165, 1.54) is 0 Å². The Labute approximate surface area is 117 Å². The second-order valence-corrected chi connectivity index (χ2v) is 5.32. The molecule has 0 radical (unpaired) electrons. The standard InChI is InChI=1S/C13H20N2O3S/c1-10(11-6-5-9-19-11)15-13(18)14-8-4-2-3-7-12(16)17/h5-6,9-10H,2-4,7-8H2,1H3,(H,16,17)(H2,14,15,18). The number of hydrogen-bond donors (Lipinski definition) is 3. The van der Waals surface area contributed by atoms with Crippen molar-refractivity contribution in [3.63, 3.8) is 0 Å². The van der Waals surface area contributed by atoms with E-state index in [-0.39, 0.29) is 18.5 Å². The molecule has 3 N–H and O–H groups in total. The Morgan fingerprint density at radius 3 is 2.79 bits per heavy atom. The highest BCUT2D eigenvalue weighted by Crippen LogP contribution is 2.17. The Bertz CT molecular complexity index is 393. The molecule has 0 saturated heterocycles. The van der Waals surface area contributed by atoms with Gasteiger partial charge in [0.15, 0.2) is 0 Å². The number of carboxylic acids is 1. The number of carbonyl (C=O) groups is 2. The summed E-state index contributed by atoms with van der Waals surface area (Å²) in [6, 6.07) is 3.77. The van der Waals surface area contributed by atoms with Crippen LogP contribution in [0.1, 0.15) is 43.5 Å². The summed E-state index contributed by atoms with van der Waals surface area (Å²) in [5.74, 6) is -0.768. The fourth-order valence-corrected chi connectivity index (χ4v) is 2.37. The SMILES string of the molecule is CC(NC(=O)NCCCCCC(=O)O)c1cccs1. The van der Waals surface area contributed by atoms with E-state index in [1.54, 1.807) is 11.3 Å². The third-order valence-corrected chi connectivity index (χ3v) is 3.73. The van der Waals surface area contributed by atoms with Crippen molar-refractivity contribution in [1.82, 2.24) is 10.6 Å². The van der Waals surface area contributed by atoms with Crippen LogP contribution in [0.5, 0.6) is 0 Å². The molecule has 0 aliphatic carbocycles. The predicted molar refractivity (Wildman–Crippen MR) is 75.4 cm³/mol. The maximum absolute atomic E-state index is 11.6. The van der Waals surface area contributed by atoms with E-state index < -0.39 is 5.97 Å². The zero-order chi connectivity index (χ0) is 14.1. The van der Waals surface area contributed by atoms with E-state index in [0.717, 1.165) is 17.7 Å². The molecule has 0 fully saturated rings. The number of hydrogen-bond acceptors (Lipinski definition) is 3. The minimum absolute atomic E-state index is 0.00649. The van der Waals surface area contributed by atoms with Gasteiger partial charge in [0.25, 0.3) is 0 Å². The van der Waals surface area contributed by atoms with E-state index in [4.69, 9.17) is 5.11 Å². The molecule has 106 valence electrons. The van der Waals surface area contributed by atoms with Gasteiger partial charge in [-0.05, 0) is 31.2 Å². The number of carboxylic acid groups (broad SMARTS) is 1. The van der Waals surface area contributed by atoms with Crippen molar-refractivity contribution in [1.29, 1.82) is 0 Å². The second kappa shape index (κ2) is 8.53. The largest absolute Gasteiger partial charge is 0.481 e. The van der Waals surface area contributed by atoms with Gasteiger partial charge in [0.2, 0.25) is 0 Å². The summed E-state index contributed by atoms with van der Waals surface area (Å²) < 4.78 is 0. The van der Waals surface area contributed by atoms with Gasteiger partial charge in [-0.2, -0.15) is 0 Å². The first kappa shape index (κ1) is 15.5. The van der Waals surface area contributed by atoms with Gasteiger partial charge in [-0.1, -0.05) is 12.5 Å². The van der Waals surface area contributed by atoms with E-state index in [0.29, 0.717) is 13.0 Å². The first-order valence-electron chi connectivity index (χ1n) is 6.39. The van der Waals surface area contributed by atoms with Gasteiger partial charge in [0.1, 0.15) is 0 Å². The van der Waals surface area contributed by atoms with Crippen molar-refractivity contribution in [2.24, 2.45) is 0 Å². The maximum Gasteiger partial charge on any atom is 0.315 e. The van der Waals surface area contributed by atoms with Gasteiger partial charge < -0.3 is 15.7 Å². The monoisotopic (exact) mass is 284 g/mol. The van der Waals surface area contributed by atoms with Crippen molar-refractivity contribution in [2.75, 3.05) is 6.54 Å². The third-order valence-electron chi connectivity index (χ3n) is 2.67. The Hall–Kier alpha value is -1.56. The summed E-state index contributed by atoms with van der Waals surface area (Å²) >= 11 is 1.61. The lowest BCUT2D eigenvalue weighted by Gasteiger charge is -2.13. The quantitative estimate of drug-likeness (QED) is 0.642. The highest BCUT2D eigenvalue weighted by atomic mass is 32.1. The average Bonchev–Trinajstić information content (AvgIpc) is 2.87. The minimum atomic E-state index is -0.768. The number of aliphatic carboxylic acids is 1. The number of amides is 2. The van der Waals surface area contributed by atoms with Crippen LogP contribution in [0.3, 0.4) is 0 Å². The molecule has 1 unspecified atom stereocenters. The van der Waals surface area contributed by atoms with Crippen LogP contribution in [0.4, 0.5) is 4.79 Å². The molecule has 1 atom stereocenters. The average molecular weight is 284 g/mol. The normalized spacial score (nSPS) is 11.8. The molecule has 0 spiro atoms. The van der Waals surface area contributed by atoms with Crippen LogP contribution in [0.2, 0.25) is 0 Å². The van der Waals surface area contributed by atoms with E-state index in [2.05, 4.69) is 10.6 Å². The third kappa shape index (κ3) is 6.81. The maximum atomic E-state index is 11.6. The lowest BCUT2D eigenvalue weighted by Crippen LogP contribution is -2.37. The van der Waals surface area contributed by atoms with Crippen molar-refractivity contribution in [3.8, 4) is 0 Å². The molecule has 19 heavy (non-hydrogen) atoms. The molecular weight excluding hydrogens is 264 g/mol. The Morgan fingerprint density at radius 2 is 2.16 bits per heavy atom. The van der Waals surface area contributed by atoms with Gasteiger partial charge >= 0.3 is 12.0 Å². The summed E-state index contributed by atoms with van der Waals surface area (Å²) in [7, 11) is 0. The fraction of sp³-hybridized carbons (Fsp3) is 0.538. The van der Waals surface area contributed by atoms with Crippen LogP contribution in [-0.4, -0.2) is 23.7 Å². The molecule has 0 aliphatic heterocycles. The van der Waals surface area contributed by atoms with Crippen LogP contribution in [0, 0.1) is 0 Å².